The van der Waals surface area contributed by atoms with Gasteiger partial charge < -0.3 is 4.90 Å². The van der Waals surface area contributed by atoms with E-state index in [-0.39, 0.29) is 21.3 Å². The Hall–Kier alpha value is -4.52. The first-order chi connectivity index (χ1) is 21.9. The van der Waals surface area contributed by atoms with Crippen LogP contribution in [0.3, 0.4) is 0 Å². The van der Waals surface area contributed by atoms with Crippen LogP contribution in [-0.4, -0.2) is 51.4 Å². The van der Waals surface area contributed by atoms with Crippen molar-refractivity contribution in [1.29, 1.82) is 5.26 Å². The van der Waals surface area contributed by atoms with E-state index in [0.717, 1.165) is 11.3 Å². The molecule has 0 unspecified atom stereocenters. The molecule has 0 N–H and O–H groups in total. The zero-order chi connectivity index (χ0) is 31.3. The van der Waals surface area contributed by atoms with Gasteiger partial charge in [0, 0.05) is 32.4 Å². The highest BCUT2D eigenvalue weighted by atomic mass is 35.5. The lowest BCUT2D eigenvalue weighted by molar-refractivity contribution is -0.126. The molecule has 224 valence electrons. The first-order valence-electron chi connectivity index (χ1n) is 14.3. The third-order valence-electron chi connectivity index (χ3n) is 7.69. The van der Waals surface area contributed by atoms with Crippen molar-refractivity contribution in [2.45, 2.75) is 6.04 Å². The molecular weight excluding hydrogens is 625 g/mol. The van der Waals surface area contributed by atoms with Crippen molar-refractivity contribution in [2.24, 2.45) is 0 Å². The molecular formula is C35H27Cl2N5O2S. The fraction of sp³-hybridized carbons (Fsp3) is 0.143. The molecule has 3 heterocycles. The number of nitriles is 1. The highest BCUT2D eigenvalue weighted by Crippen LogP contribution is 2.30. The number of aromatic nitrogens is 2. The number of nitrogens with zero attached hydrogens (tertiary/aromatic N) is 5. The summed E-state index contributed by atoms with van der Waals surface area (Å²) in [6.45, 7) is 2.08. The highest BCUT2D eigenvalue weighted by Gasteiger charge is 2.30. The molecule has 0 spiro atoms. The SMILES string of the molecule is N#C/C(C(=O)N1CCN(C(c2ccccc2)c2ccccc2)CC1)=c1/s/c(=C/c2ccccn2)c(=O)n1-c1ccc(Cl)c(Cl)c1. The summed E-state index contributed by atoms with van der Waals surface area (Å²) >= 11 is 13.6. The molecule has 45 heavy (non-hydrogen) atoms. The van der Waals surface area contributed by atoms with Crippen LogP contribution in [0.2, 0.25) is 10.0 Å². The number of benzene rings is 3. The molecule has 1 saturated heterocycles. The molecule has 2 aromatic heterocycles. The molecule has 7 nitrogen and oxygen atoms in total. The van der Waals surface area contributed by atoms with E-state index >= 15 is 0 Å². The van der Waals surface area contributed by atoms with E-state index in [1.807, 2.05) is 42.5 Å². The number of amides is 1. The lowest BCUT2D eigenvalue weighted by Crippen LogP contribution is -2.50. The second kappa shape index (κ2) is 13.6. The smallest absolute Gasteiger partial charge is 0.273 e. The van der Waals surface area contributed by atoms with Gasteiger partial charge in [-0.05, 0) is 47.5 Å². The Morgan fingerprint density at radius 3 is 2.09 bits per heavy atom. The molecule has 1 aliphatic heterocycles. The Balaban J connectivity index is 1.37. The van der Waals surface area contributed by atoms with E-state index in [1.54, 1.807) is 47.5 Å². The molecule has 1 fully saturated rings. The van der Waals surface area contributed by atoms with Crippen molar-refractivity contribution in [3.05, 3.63) is 150 Å². The van der Waals surface area contributed by atoms with Crippen molar-refractivity contribution < 1.29 is 4.79 Å². The van der Waals surface area contributed by atoms with Crippen LogP contribution in [0.1, 0.15) is 22.9 Å². The van der Waals surface area contributed by atoms with Gasteiger partial charge in [0.25, 0.3) is 11.5 Å². The van der Waals surface area contributed by atoms with E-state index in [0.29, 0.717) is 47.1 Å². The van der Waals surface area contributed by atoms with Gasteiger partial charge in [0.1, 0.15) is 10.7 Å². The number of thiazole rings is 1. The van der Waals surface area contributed by atoms with Crippen LogP contribution in [0.25, 0.3) is 17.3 Å². The summed E-state index contributed by atoms with van der Waals surface area (Å²) in [6.07, 6.45) is 3.28. The van der Waals surface area contributed by atoms with Gasteiger partial charge >= 0.3 is 0 Å². The van der Waals surface area contributed by atoms with Gasteiger partial charge in [0.05, 0.1) is 32.0 Å². The monoisotopic (exact) mass is 651 g/mol. The molecule has 0 saturated carbocycles. The molecule has 0 aliphatic carbocycles. The quantitative estimate of drug-likeness (QED) is 0.257. The summed E-state index contributed by atoms with van der Waals surface area (Å²) in [5.74, 6) is -0.424. The summed E-state index contributed by atoms with van der Waals surface area (Å²) in [7, 11) is 0. The van der Waals surface area contributed by atoms with Gasteiger partial charge in [-0.1, -0.05) is 89.9 Å². The minimum Gasteiger partial charge on any atom is -0.335 e. The Morgan fingerprint density at radius 1 is 0.867 bits per heavy atom. The van der Waals surface area contributed by atoms with Crippen molar-refractivity contribution in [1.82, 2.24) is 19.4 Å². The predicted octanol–water partition coefficient (Wildman–Crippen LogP) is 5.04. The number of hydrogen-bond donors (Lipinski definition) is 0. The van der Waals surface area contributed by atoms with Gasteiger partial charge in [0.15, 0.2) is 5.57 Å². The van der Waals surface area contributed by atoms with Crippen LogP contribution >= 0.6 is 34.5 Å². The van der Waals surface area contributed by atoms with Crippen molar-refractivity contribution in [2.75, 3.05) is 26.2 Å². The van der Waals surface area contributed by atoms with Crippen LogP contribution in [-0.2, 0) is 4.79 Å². The largest absolute Gasteiger partial charge is 0.335 e. The Morgan fingerprint density at radius 2 is 1.51 bits per heavy atom. The zero-order valence-corrected chi connectivity index (χ0v) is 26.3. The molecule has 0 bridgehead atoms. The molecule has 1 aliphatic rings. The molecule has 1 amide bonds. The fourth-order valence-electron chi connectivity index (χ4n) is 5.52. The molecule has 10 heteroatoms. The van der Waals surface area contributed by atoms with Crippen molar-refractivity contribution in [3.8, 4) is 11.8 Å². The van der Waals surface area contributed by atoms with E-state index in [9.17, 15) is 14.9 Å². The van der Waals surface area contributed by atoms with Gasteiger partial charge in [-0.15, -0.1) is 11.3 Å². The Bertz CT molecular complexity index is 2010. The number of hydrogen-bond acceptors (Lipinski definition) is 6. The van der Waals surface area contributed by atoms with Crippen LogP contribution in [0, 0.1) is 11.3 Å². The Kier molecular flexibility index (Phi) is 9.24. The fourth-order valence-corrected chi connectivity index (χ4v) is 6.89. The molecule has 0 atom stereocenters. The van der Waals surface area contributed by atoms with Crippen molar-refractivity contribution in [3.63, 3.8) is 0 Å². The van der Waals surface area contributed by atoms with Crippen LogP contribution in [0.4, 0.5) is 0 Å². The summed E-state index contributed by atoms with van der Waals surface area (Å²) in [4.78, 5) is 36.1. The van der Waals surface area contributed by atoms with E-state index in [1.165, 1.54) is 15.7 Å². The third kappa shape index (κ3) is 6.48. The van der Waals surface area contributed by atoms with Crippen molar-refractivity contribution >= 4 is 52.1 Å². The van der Waals surface area contributed by atoms with Gasteiger partial charge in [-0.25, -0.2) is 0 Å². The van der Waals surface area contributed by atoms with Crippen LogP contribution < -0.4 is 14.8 Å². The normalized spacial score (nSPS) is 14.8. The zero-order valence-electron chi connectivity index (χ0n) is 24.0. The van der Waals surface area contributed by atoms with E-state index < -0.39 is 11.5 Å². The van der Waals surface area contributed by atoms with E-state index in [4.69, 9.17) is 23.2 Å². The van der Waals surface area contributed by atoms with Crippen LogP contribution in [0.5, 0.6) is 0 Å². The minimum atomic E-state index is -0.424. The Labute approximate surface area is 274 Å². The first-order valence-corrected chi connectivity index (χ1v) is 15.9. The molecule has 5 aromatic rings. The highest BCUT2D eigenvalue weighted by molar-refractivity contribution is 7.07. The summed E-state index contributed by atoms with van der Waals surface area (Å²) in [5.41, 5.74) is 2.83. The summed E-state index contributed by atoms with van der Waals surface area (Å²) in [5, 5.41) is 10.9. The average Bonchev–Trinajstić information content (AvgIpc) is 3.39. The van der Waals surface area contributed by atoms with Gasteiger partial charge in [-0.3, -0.25) is 24.0 Å². The molecule has 3 aromatic carbocycles. The third-order valence-corrected chi connectivity index (χ3v) is 9.52. The lowest BCUT2D eigenvalue weighted by Gasteiger charge is -2.39. The first kappa shape index (κ1) is 30.5. The number of carbonyl (C=O) groups excluding carboxylic acids is 1. The second-order valence-electron chi connectivity index (χ2n) is 10.4. The number of halogens is 2. The summed E-state index contributed by atoms with van der Waals surface area (Å²) < 4.78 is 1.91. The maximum absolute atomic E-state index is 14.0. The average molecular weight is 653 g/mol. The minimum absolute atomic E-state index is 0.0332. The predicted molar refractivity (Wildman–Crippen MR) is 179 cm³/mol. The van der Waals surface area contributed by atoms with Crippen LogP contribution in [0.15, 0.2) is 108 Å². The summed E-state index contributed by atoms with van der Waals surface area (Å²) in [6, 6.07) is 32.9. The maximum Gasteiger partial charge on any atom is 0.273 e. The second-order valence-corrected chi connectivity index (χ2v) is 12.3. The van der Waals surface area contributed by atoms with Gasteiger partial charge in [-0.2, -0.15) is 5.26 Å². The standard InChI is InChI=1S/C35H27Cl2N5O2S/c36-29-15-14-27(22-30(29)37)42-34(44)31(21-26-13-7-8-16-39-26)45-35(42)28(23-38)33(43)41-19-17-40(18-20-41)32(24-9-3-1-4-10-24)25-11-5-2-6-12-25/h1-16,21-22,32H,17-20H2/b31-21+,35-28-. The topological polar surface area (TPSA) is 82.2 Å². The molecule has 6 rings (SSSR count). The number of piperazine rings is 1. The van der Waals surface area contributed by atoms with E-state index in [2.05, 4.69) is 40.2 Å². The number of rotatable bonds is 6. The van der Waals surface area contributed by atoms with Gasteiger partial charge in [0.2, 0.25) is 0 Å². The molecule has 0 radical (unpaired) electrons. The number of pyridine rings is 1. The maximum atomic E-state index is 14.0. The lowest BCUT2D eigenvalue weighted by atomic mass is 9.96. The number of carbonyl (C=O) groups is 1.